The van der Waals surface area contributed by atoms with Gasteiger partial charge in [0.05, 0.1) is 27.7 Å². The molecule has 104 valence electrons. The molecule has 1 nitrogen and oxygen atoms in total. The smallest absolute Gasteiger partial charge is 0.0780 e. The van der Waals surface area contributed by atoms with Crippen molar-refractivity contribution in [1.29, 1.82) is 0 Å². The minimum atomic E-state index is 1.12. The van der Waals surface area contributed by atoms with E-state index in [9.17, 15) is 0 Å². The van der Waals surface area contributed by atoms with Crippen LogP contribution < -0.4 is 0 Å². The van der Waals surface area contributed by atoms with Crippen LogP contribution >= 0.6 is 11.8 Å². The van der Waals surface area contributed by atoms with Crippen molar-refractivity contribution >= 4 is 11.8 Å². The Morgan fingerprint density at radius 3 is 1.76 bits per heavy atom. The highest BCUT2D eigenvalue weighted by atomic mass is 32.2. The monoisotopic (exact) mass is 260 g/mol. The zero-order valence-corrected chi connectivity index (χ0v) is 13.5. The summed E-state index contributed by atoms with van der Waals surface area (Å²) >= 11 is 2.16. The van der Waals surface area contributed by atoms with Gasteiger partial charge in [0.2, 0.25) is 0 Å². The highest BCUT2D eigenvalue weighted by Gasteiger charge is 2.04. The molecule has 0 aliphatic heterocycles. The molecule has 0 unspecified atom stereocenters. The van der Waals surface area contributed by atoms with Gasteiger partial charge in [-0.2, -0.15) is 11.8 Å². The zero-order chi connectivity index (χ0) is 13.0. The second-order valence-corrected chi connectivity index (χ2v) is 7.33. The third kappa shape index (κ3) is 16.3. The first-order valence-electron chi connectivity index (χ1n) is 7.44. The molecular weight excluding hydrogens is 226 g/mol. The molecule has 0 saturated carbocycles. The molecule has 0 aromatic carbocycles. The zero-order valence-electron chi connectivity index (χ0n) is 12.6. The molecule has 0 spiro atoms. The van der Waals surface area contributed by atoms with Crippen LogP contribution in [0.25, 0.3) is 0 Å². The topological polar surface area (TPSA) is 0 Å². The Labute approximate surface area is 114 Å². The number of rotatable bonds is 12. The van der Waals surface area contributed by atoms with E-state index in [1.165, 1.54) is 69.4 Å². The molecule has 0 rings (SSSR count). The molecule has 0 aliphatic carbocycles. The van der Waals surface area contributed by atoms with Crippen LogP contribution in [0.3, 0.4) is 0 Å². The van der Waals surface area contributed by atoms with Crippen molar-refractivity contribution in [3.63, 3.8) is 0 Å². The fraction of sp³-hybridized carbons (Fsp3) is 1.00. The van der Waals surface area contributed by atoms with Crippen LogP contribution in [0.1, 0.15) is 58.3 Å². The summed E-state index contributed by atoms with van der Waals surface area (Å²) in [4.78, 5) is 0. The number of hydrogen-bond donors (Lipinski definition) is 0. The van der Waals surface area contributed by atoms with Gasteiger partial charge >= 0.3 is 0 Å². The Hall–Kier alpha value is 0.310. The average Bonchev–Trinajstić information content (AvgIpc) is 2.24. The van der Waals surface area contributed by atoms with E-state index in [1.807, 2.05) is 0 Å². The van der Waals surface area contributed by atoms with E-state index in [4.69, 9.17) is 0 Å². The van der Waals surface area contributed by atoms with Crippen LogP contribution in [0.5, 0.6) is 0 Å². The van der Waals surface area contributed by atoms with Gasteiger partial charge in [0.1, 0.15) is 0 Å². The molecule has 0 aromatic rings. The molecule has 0 aliphatic rings. The molecule has 0 fully saturated rings. The lowest BCUT2D eigenvalue weighted by molar-refractivity contribution is -0.870. The predicted octanol–water partition coefficient (Wildman–Crippen LogP) is 4.57. The van der Waals surface area contributed by atoms with Crippen molar-refractivity contribution in [1.82, 2.24) is 0 Å². The van der Waals surface area contributed by atoms with Crippen LogP contribution in [0.15, 0.2) is 0 Å². The van der Waals surface area contributed by atoms with Gasteiger partial charge in [0.15, 0.2) is 0 Å². The van der Waals surface area contributed by atoms with E-state index in [-0.39, 0.29) is 0 Å². The third-order valence-corrected chi connectivity index (χ3v) is 4.16. The van der Waals surface area contributed by atoms with Gasteiger partial charge in [-0.05, 0) is 37.2 Å². The van der Waals surface area contributed by atoms with Crippen molar-refractivity contribution in [2.45, 2.75) is 58.3 Å². The maximum atomic E-state index is 2.28. The van der Waals surface area contributed by atoms with E-state index in [1.54, 1.807) is 0 Å². The van der Waals surface area contributed by atoms with E-state index >= 15 is 0 Å². The minimum absolute atomic E-state index is 1.12. The Bertz CT molecular complexity index is 151. The molecule has 0 aromatic heterocycles. The van der Waals surface area contributed by atoms with Crippen LogP contribution in [0, 0.1) is 0 Å². The summed E-state index contributed by atoms with van der Waals surface area (Å²) in [5, 5.41) is 0. The Kier molecular flexibility index (Phi) is 11.6. The second kappa shape index (κ2) is 11.4. The fourth-order valence-corrected chi connectivity index (χ4v) is 2.90. The fourth-order valence-electron chi connectivity index (χ4n) is 1.88. The number of hydrogen-bond acceptors (Lipinski definition) is 1. The predicted molar refractivity (Wildman–Crippen MR) is 82.8 cm³/mol. The third-order valence-electron chi connectivity index (χ3n) is 3.01. The van der Waals surface area contributed by atoms with Crippen LogP contribution in [-0.2, 0) is 0 Å². The van der Waals surface area contributed by atoms with Gasteiger partial charge in [0, 0.05) is 0 Å². The summed E-state index contributed by atoms with van der Waals surface area (Å²) < 4.78 is 1.12. The summed E-state index contributed by atoms with van der Waals surface area (Å²) in [5.74, 6) is 2.77. The first kappa shape index (κ1) is 17.3. The summed E-state index contributed by atoms with van der Waals surface area (Å²) in [5.41, 5.74) is 0. The molecule has 0 saturated heterocycles. The van der Waals surface area contributed by atoms with E-state index in [0.29, 0.717) is 0 Å². The van der Waals surface area contributed by atoms with Crippen LogP contribution in [-0.4, -0.2) is 43.7 Å². The molecule has 0 radical (unpaired) electrons. The first-order valence-corrected chi connectivity index (χ1v) is 8.60. The van der Waals surface area contributed by atoms with Gasteiger partial charge < -0.3 is 4.48 Å². The maximum absolute atomic E-state index is 2.28. The first-order chi connectivity index (χ1) is 8.06. The van der Waals surface area contributed by atoms with E-state index in [2.05, 4.69) is 39.8 Å². The minimum Gasteiger partial charge on any atom is -0.331 e. The standard InChI is InChI=1S/C15H34NS/c1-5-6-7-11-14-17-15-12-9-8-10-13-16(2,3)4/h5-15H2,1-4H3/q+1. The van der Waals surface area contributed by atoms with Crippen molar-refractivity contribution in [3.8, 4) is 0 Å². The molecule has 0 heterocycles. The molecular formula is C15H34NS+. The van der Waals surface area contributed by atoms with Crippen molar-refractivity contribution in [3.05, 3.63) is 0 Å². The highest BCUT2D eigenvalue weighted by molar-refractivity contribution is 7.99. The summed E-state index contributed by atoms with van der Waals surface area (Å²) in [6.45, 7) is 3.60. The van der Waals surface area contributed by atoms with Gasteiger partial charge in [-0.3, -0.25) is 0 Å². The molecule has 0 amide bonds. The second-order valence-electron chi connectivity index (χ2n) is 6.10. The highest BCUT2D eigenvalue weighted by Crippen LogP contribution is 2.11. The SMILES string of the molecule is CCCCCCSCCCCCC[N+](C)(C)C. The summed E-state index contributed by atoms with van der Waals surface area (Å²) in [6.07, 6.45) is 11.3. The summed E-state index contributed by atoms with van der Waals surface area (Å²) in [7, 11) is 6.85. The largest absolute Gasteiger partial charge is 0.331 e. The van der Waals surface area contributed by atoms with Crippen molar-refractivity contribution in [2.75, 3.05) is 39.2 Å². The lowest BCUT2D eigenvalue weighted by atomic mass is 10.2. The number of unbranched alkanes of at least 4 members (excludes halogenated alkanes) is 6. The molecule has 17 heavy (non-hydrogen) atoms. The van der Waals surface area contributed by atoms with Crippen molar-refractivity contribution in [2.24, 2.45) is 0 Å². The quantitative estimate of drug-likeness (QED) is 0.366. The Morgan fingerprint density at radius 2 is 1.24 bits per heavy atom. The summed E-state index contributed by atoms with van der Waals surface area (Å²) in [6, 6.07) is 0. The number of quaternary nitrogens is 1. The van der Waals surface area contributed by atoms with Crippen molar-refractivity contribution < 1.29 is 4.48 Å². The number of nitrogens with zero attached hydrogens (tertiary/aromatic N) is 1. The lowest BCUT2D eigenvalue weighted by Gasteiger charge is -2.23. The lowest BCUT2D eigenvalue weighted by Crippen LogP contribution is -2.35. The van der Waals surface area contributed by atoms with E-state index in [0.717, 1.165) is 4.48 Å². The Morgan fingerprint density at radius 1 is 0.706 bits per heavy atom. The molecule has 2 heteroatoms. The molecule has 0 atom stereocenters. The number of thioether (sulfide) groups is 1. The van der Waals surface area contributed by atoms with Crippen LogP contribution in [0.2, 0.25) is 0 Å². The Balaban J connectivity index is 2.99. The molecule has 0 bridgehead atoms. The van der Waals surface area contributed by atoms with E-state index < -0.39 is 0 Å². The average molecular weight is 261 g/mol. The normalized spacial score (nSPS) is 12.0. The van der Waals surface area contributed by atoms with Crippen LogP contribution in [0.4, 0.5) is 0 Å². The molecule has 0 N–H and O–H groups in total. The maximum Gasteiger partial charge on any atom is 0.0780 e. The van der Waals surface area contributed by atoms with Gasteiger partial charge in [-0.25, -0.2) is 0 Å². The van der Waals surface area contributed by atoms with Gasteiger partial charge in [-0.15, -0.1) is 0 Å². The van der Waals surface area contributed by atoms with Gasteiger partial charge in [0.25, 0.3) is 0 Å². The van der Waals surface area contributed by atoms with Gasteiger partial charge in [-0.1, -0.05) is 32.6 Å².